The second-order valence-corrected chi connectivity index (χ2v) is 4.11. The first kappa shape index (κ1) is 13.0. The van der Waals surface area contributed by atoms with Gasteiger partial charge in [0.15, 0.2) is 5.82 Å². The molecule has 0 aliphatic carbocycles. The van der Waals surface area contributed by atoms with Crippen LogP contribution in [0.1, 0.15) is 12.1 Å². The molecule has 2 aliphatic rings. The number of aliphatic hydroxyl groups excluding tert-OH is 2. The van der Waals surface area contributed by atoms with E-state index in [1.54, 1.807) is 12.7 Å². The third-order valence-corrected chi connectivity index (χ3v) is 2.86. The minimum absolute atomic E-state index is 0.0683. The highest BCUT2D eigenvalue weighted by atomic mass is 16.5. The maximum atomic E-state index is 8.90. The number of H-pyrrole nitrogens is 1. The summed E-state index contributed by atoms with van der Waals surface area (Å²) in [6, 6.07) is 0. The van der Waals surface area contributed by atoms with Gasteiger partial charge >= 0.3 is 0 Å². The molecule has 0 bridgehead atoms. The van der Waals surface area contributed by atoms with Crippen LogP contribution in [0.25, 0.3) is 0 Å². The Kier molecular flexibility index (Phi) is 4.68. The number of aromatic amines is 1. The zero-order valence-corrected chi connectivity index (χ0v) is 10.0. The highest BCUT2D eigenvalue weighted by Gasteiger charge is 2.24. The molecule has 2 atom stereocenters. The van der Waals surface area contributed by atoms with Gasteiger partial charge in [-0.1, -0.05) is 0 Å². The van der Waals surface area contributed by atoms with Crippen LogP contribution in [0.2, 0.25) is 0 Å². The average Bonchev–Trinajstić information content (AvgIpc) is 2.94. The van der Waals surface area contributed by atoms with Gasteiger partial charge in [-0.25, -0.2) is 4.98 Å². The van der Waals surface area contributed by atoms with Crippen LogP contribution in [-0.2, 0) is 11.2 Å². The van der Waals surface area contributed by atoms with Crippen molar-refractivity contribution in [2.45, 2.75) is 25.0 Å². The van der Waals surface area contributed by atoms with Crippen molar-refractivity contribution in [3.8, 4) is 0 Å². The van der Waals surface area contributed by atoms with Gasteiger partial charge < -0.3 is 25.3 Å². The quantitative estimate of drug-likeness (QED) is 0.543. The summed E-state index contributed by atoms with van der Waals surface area (Å²) in [5.41, 5.74) is 1.14. The second kappa shape index (κ2) is 6.48. The number of aliphatic hydroxyl groups is 2. The molecule has 0 saturated carbocycles. The maximum Gasteiger partial charge on any atom is 0.152 e. The molecule has 100 valence electrons. The average molecular weight is 254 g/mol. The molecule has 1 unspecified atom stereocenters. The monoisotopic (exact) mass is 254 g/mol. The third kappa shape index (κ3) is 3.28. The number of aromatic nitrogens is 2. The van der Waals surface area contributed by atoms with Gasteiger partial charge in [-0.05, 0) is 6.42 Å². The Balaban J connectivity index is 0.000000138. The molecule has 0 amide bonds. The Bertz CT molecular complexity index is 393. The van der Waals surface area contributed by atoms with Gasteiger partial charge in [0.05, 0.1) is 31.1 Å². The normalized spacial score (nSPS) is 25.7. The Labute approximate surface area is 105 Å². The van der Waals surface area contributed by atoms with Crippen LogP contribution in [0.5, 0.6) is 0 Å². The van der Waals surface area contributed by atoms with Crippen LogP contribution < -0.4 is 5.32 Å². The first-order valence-electron chi connectivity index (χ1n) is 5.99. The first-order valence-corrected chi connectivity index (χ1v) is 5.99. The standard InChI is InChI=1S/C6H8N4.C5H10O3/c1-2-7-3-9-6-5(1)8-4-10-6;6-3-5-4(7)1-2-8-5/h3-4H,1-2H2,(H,7,9)(H,8,10);4-7H,1-3H2/t;4?,5-/m.1/s1. The highest BCUT2D eigenvalue weighted by molar-refractivity contribution is 5.75. The van der Waals surface area contributed by atoms with Crippen molar-refractivity contribution in [2.24, 2.45) is 4.99 Å². The fraction of sp³-hybridized carbons (Fsp3) is 0.636. The van der Waals surface area contributed by atoms with Gasteiger partial charge in [0, 0.05) is 19.6 Å². The summed E-state index contributed by atoms with van der Waals surface area (Å²) in [6.07, 6.45) is 4.21. The minimum Gasteiger partial charge on any atom is -0.394 e. The number of nitrogens with zero attached hydrogens (tertiary/aromatic N) is 2. The van der Waals surface area contributed by atoms with Gasteiger partial charge in [-0.15, -0.1) is 0 Å². The zero-order valence-electron chi connectivity index (χ0n) is 10.0. The SMILES string of the molecule is C1=NCCc2[nH]cnc2N1.OC[C@H]1OCCC1O. The largest absolute Gasteiger partial charge is 0.394 e. The number of ether oxygens (including phenoxy) is 1. The van der Waals surface area contributed by atoms with E-state index < -0.39 is 6.10 Å². The first-order chi connectivity index (χ1) is 8.81. The van der Waals surface area contributed by atoms with E-state index in [0.29, 0.717) is 13.0 Å². The minimum atomic E-state index is -0.444. The van der Waals surface area contributed by atoms with Crippen LogP contribution in [-0.4, -0.2) is 58.5 Å². The lowest BCUT2D eigenvalue weighted by Crippen LogP contribution is -2.24. The fourth-order valence-corrected chi connectivity index (χ4v) is 1.80. The molecular formula is C11H18N4O3. The number of aliphatic imine (C=N–C) groups is 1. The van der Waals surface area contributed by atoms with Crippen molar-refractivity contribution >= 4 is 12.2 Å². The Hall–Kier alpha value is -1.44. The molecule has 0 aromatic carbocycles. The van der Waals surface area contributed by atoms with E-state index in [1.807, 2.05) is 0 Å². The molecule has 7 heteroatoms. The lowest BCUT2D eigenvalue weighted by atomic mass is 10.2. The molecule has 4 N–H and O–H groups in total. The molecule has 3 rings (SSSR count). The molecule has 1 saturated heterocycles. The molecule has 0 radical (unpaired) electrons. The van der Waals surface area contributed by atoms with Crippen molar-refractivity contribution in [2.75, 3.05) is 25.1 Å². The van der Waals surface area contributed by atoms with Crippen LogP contribution in [0, 0.1) is 0 Å². The van der Waals surface area contributed by atoms with Crippen LogP contribution >= 0.6 is 0 Å². The van der Waals surface area contributed by atoms with Gasteiger partial charge in [0.2, 0.25) is 0 Å². The van der Waals surface area contributed by atoms with E-state index in [-0.39, 0.29) is 12.7 Å². The molecular weight excluding hydrogens is 236 g/mol. The summed E-state index contributed by atoms with van der Waals surface area (Å²) in [4.78, 5) is 11.2. The second-order valence-electron chi connectivity index (χ2n) is 4.11. The lowest BCUT2D eigenvalue weighted by Gasteiger charge is -2.07. The van der Waals surface area contributed by atoms with E-state index in [2.05, 4.69) is 20.3 Å². The summed E-state index contributed by atoms with van der Waals surface area (Å²) in [6.45, 7) is 1.34. The van der Waals surface area contributed by atoms with Gasteiger partial charge in [0.25, 0.3) is 0 Å². The predicted molar refractivity (Wildman–Crippen MR) is 66.7 cm³/mol. The molecule has 18 heavy (non-hydrogen) atoms. The van der Waals surface area contributed by atoms with E-state index in [4.69, 9.17) is 14.9 Å². The predicted octanol–water partition coefficient (Wildman–Crippen LogP) is -0.466. The van der Waals surface area contributed by atoms with Crippen molar-refractivity contribution in [1.82, 2.24) is 9.97 Å². The van der Waals surface area contributed by atoms with Gasteiger partial charge in [-0.3, -0.25) is 4.99 Å². The van der Waals surface area contributed by atoms with Crippen LogP contribution in [0.4, 0.5) is 5.82 Å². The highest BCUT2D eigenvalue weighted by Crippen LogP contribution is 2.11. The number of hydrogen-bond donors (Lipinski definition) is 4. The number of nitrogens with one attached hydrogen (secondary N) is 2. The van der Waals surface area contributed by atoms with E-state index in [1.165, 1.54) is 0 Å². The van der Waals surface area contributed by atoms with Crippen molar-refractivity contribution in [3.63, 3.8) is 0 Å². The fourth-order valence-electron chi connectivity index (χ4n) is 1.80. The summed E-state index contributed by atoms with van der Waals surface area (Å²) in [5, 5.41) is 20.3. The van der Waals surface area contributed by atoms with Gasteiger partial charge in [-0.2, -0.15) is 0 Å². The Morgan fingerprint density at radius 2 is 2.39 bits per heavy atom. The van der Waals surface area contributed by atoms with E-state index in [9.17, 15) is 0 Å². The van der Waals surface area contributed by atoms with Crippen molar-refractivity contribution in [1.29, 1.82) is 0 Å². The Morgan fingerprint density at radius 1 is 1.50 bits per heavy atom. The summed E-state index contributed by atoms with van der Waals surface area (Å²) in [7, 11) is 0. The molecule has 3 heterocycles. The van der Waals surface area contributed by atoms with E-state index >= 15 is 0 Å². The lowest BCUT2D eigenvalue weighted by molar-refractivity contribution is 0.00406. The number of hydrogen-bond acceptors (Lipinski definition) is 6. The molecule has 2 aliphatic heterocycles. The van der Waals surface area contributed by atoms with Crippen LogP contribution in [0.15, 0.2) is 11.3 Å². The van der Waals surface area contributed by atoms with Gasteiger partial charge in [0.1, 0.15) is 6.10 Å². The molecule has 0 spiro atoms. The molecule has 7 nitrogen and oxygen atoms in total. The maximum absolute atomic E-state index is 8.90. The summed E-state index contributed by atoms with van der Waals surface area (Å²) < 4.78 is 4.91. The number of fused-ring (bicyclic) bond motifs is 1. The number of anilines is 1. The smallest absolute Gasteiger partial charge is 0.152 e. The third-order valence-electron chi connectivity index (χ3n) is 2.86. The van der Waals surface area contributed by atoms with E-state index in [0.717, 1.165) is 24.5 Å². The summed E-state index contributed by atoms with van der Waals surface area (Å²) >= 11 is 0. The summed E-state index contributed by atoms with van der Waals surface area (Å²) in [5.74, 6) is 0.904. The van der Waals surface area contributed by atoms with Crippen molar-refractivity contribution < 1.29 is 14.9 Å². The number of rotatable bonds is 1. The van der Waals surface area contributed by atoms with Crippen LogP contribution in [0.3, 0.4) is 0 Å². The molecule has 1 aromatic heterocycles. The Morgan fingerprint density at radius 3 is 3.06 bits per heavy atom. The zero-order chi connectivity index (χ0) is 12.8. The molecule has 1 aromatic rings. The molecule has 1 fully saturated rings. The topological polar surface area (TPSA) is 103 Å². The van der Waals surface area contributed by atoms with Crippen molar-refractivity contribution in [3.05, 3.63) is 12.0 Å². The number of imidazole rings is 1.